The van der Waals surface area contributed by atoms with Crippen molar-refractivity contribution in [3.05, 3.63) is 35.9 Å². The van der Waals surface area contributed by atoms with E-state index in [9.17, 15) is 9.59 Å². The molecule has 2 saturated heterocycles. The monoisotopic (exact) mass is 329 g/mol. The number of carbonyl (C=O) groups excluding carboxylic acids is 2. The van der Waals surface area contributed by atoms with Crippen LogP contribution in [0.4, 0.5) is 0 Å². The average molecular weight is 329 g/mol. The van der Waals surface area contributed by atoms with Crippen LogP contribution in [0.15, 0.2) is 30.3 Å². The van der Waals surface area contributed by atoms with Gasteiger partial charge in [-0.3, -0.25) is 14.5 Å². The second-order valence-corrected chi connectivity index (χ2v) is 6.78. The van der Waals surface area contributed by atoms with Gasteiger partial charge in [-0.15, -0.1) is 0 Å². The first-order valence-corrected chi connectivity index (χ1v) is 8.99. The minimum absolute atomic E-state index is 0.0243. The van der Waals surface area contributed by atoms with Crippen molar-refractivity contribution < 1.29 is 9.59 Å². The van der Waals surface area contributed by atoms with E-state index in [1.54, 1.807) is 7.05 Å². The highest BCUT2D eigenvalue weighted by Crippen LogP contribution is 2.44. The quantitative estimate of drug-likeness (QED) is 0.783. The molecule has 0 aliphatic carbocycles. The summed E-state index contributed by atoms with van der Waals surface area (Å²) < 4.78 is 0. The molecular formula is C19H27N3O2. The molecule has 2 heterocycles. The molecule has 5 nitrogen and oxygen atoms in total. The van der Waals surface area contributed by atoms with Crippen molar-refractivity contribution in [1.82, 2.24) is 15.5 Å². The van der Waals surface area contributed by atoms with Crippen molar-refractivity contribution in [2.75, 3.05) is 20.1 Å². The molecule has 0 spiro atoms. The number of nitrogens with one attached hydrogen (secondary N) is 2. The number of nitrogens with zero attached hydrogens (tertiary/aromatic N) is 1. The molecule has 0 bridgehead atoms. The minimum atomic E-state index is 0.0243. The number of carbonyl (C=O) groups is 2. The summed E-state index contributed by atoms with van der Waals surface area (Å²) in [4.78, 5) is 26.4. The highest BCUT2D eigenvalue weighted by molar-refractivity contribution is 5.80. The maximum absolute atomic E-state index is 12.6. The van der Waals surface area contributed by atoms with Gasteiger partial charge >= 0.3 is 0 Å². The van der Waals surface area contributed by atoms with Crippen LogP contribution >= 0.6 is 0 Å². The lowest BCUT2D eigenvalue weighted by Gasteiger charge is -2.24. The van der Waals surface area contributed by atoms with E-state index in [2.05, 4.69) is 39.8 Å². The predicted molar refractivity (Wildman–Crippen MR) is 93.3 cm³/mol. The Morgan fingerprint density at radius 2 is 2.04 bits per heavy atom. The van der Waals surface area contributed by atoms with E-state index in [4.69, 9.17) is 0 Å². The third-order valence-electron chi connectivity index (χ3n) is 5.36. The Kier molecular flexibility index (Phi) is 5.51. The van der Waals surface area contributed by atoms with Crippen LogP contribution in [0, 0.1) is 5.92 Å². The highest BCUT2D eigenvalue weighted by Gasteiger charge is 2.46. The van der Waals surface area contributed by atoms with Crippen molar-refractivity contribution in [1.29, 1.82) is 0 Å². The van der Waals surface area contributed by atoms with Crippen molar-refractivity contribution in [2.24, 2.45) is 5.92 Å². The molecule has 24 heavy (non-hydrogen) atoms. The van der Waals surface area contributed by atoms with Crippen LogP contribution in [0.25, 0.3) is 0 Å². The Labute approximate surface area is 143 Å². The summed E-state index contributed by atoms with van der Waals surface area (Å²) in [5, 5.41) is 5.65. The van der Waals surface area contributed by atoms with E-state index in [0.717, 1.165) is 19.4 Å². The van der Waals surface area contributed by atoms with Crippen LogP contribution in [0.3, 0.4) is 0 Å². The summed E-state index contributed by atoms with van der Waals surface area (Å²) >= 11 is 0. The van der Waals surface area contributed by atoms with E-state index in [0.29, 0.717) is 31.5 Å². The van der Waals surface area contributed by atoms with Crippen LogP contribution < -0.4 is 10.6 Å². The molecule has 2 aliphatic heterocycles. The van der Waals surface area contributed by atoms with Crippen LogP contribution in [-0.2, 0) is 9.59 Å². The molecule has 1 aromatic rings. The lowest BCUT2D eigenvalue weighted by Crippen LogP contribution is -2.38. The Balaban J connectivity index is 1.57. The van der Waals surface area contributed by atoms with Crippen molar-refractivity contribution in [3.8, 4) is 0 Å². The molecule has 3 rings (SSSR count). The SMILES string of the molecule is CNC(=O)CCCNC(=O)[C@@H]1C[C@H](c2ccccc2)N2CCC[C@@H]12. The second kappa shape index (κ2) is 7.79. The number of amides is 2. The third-order valence-corrected chi connectivity index (χ3v) is 5.36. The highest BCUT2D eigenvalue weighted by atomic mass is 16.2. The first-order valence-electron chi connectivity index (χ1n) is 8.99. The van der Waals surface area contributed by atoms with E-state index in [1.807, 2.05) is 6.07 Å². The number of fused-ring (bicyclic) bond motifs is 1. The first-order chi connectivity index (χ1) is 11.7. The fraction of sp³-hybridized carbons (Fsp3) is 0.579. The number of hydrogen-bond donors (Lipinski definition) is 2. The van der Waals surface area contributed by atoms with Gasteiger partial charge in [-0.2, -0.15) is 0 Å². The number of benzene rings is 1. The third kappa shape index (κ3) is 3.61. The Hall–Kier alpha value is -1.88. The molecule has 2 N–H and O–H groups in total. The first kappa shape index (κ1) is 17.0. The lowest BCUT2D eigenvalue weighted by molar-refractivity contribution is -0.126. The summed E-state index contributed by atoms with van der Waals surface area (Å²) in [6.07, 6.45) is 4.34. The van der Waals surface area contributed by atoms with Crippen molar-refractivity contribution in [2.45, 2.75) is 44.2 Å². The van der Waals surface area contributed by atoms with Crippen LogP contribution in [0.5, 0.6) is 0 Å². The van der Waals surface area contributed by atoms with Gasteiger partial charge in [0.05, 0.1) is 5.92 Å². The zero-order chi connectivity index (χ0) is 16.9. The molecule has 0 saturated carbocycles. The van der Waals surface area contributed by atoms with Crippen LogP contribution in [-0.4, -0.2) is 42.9 Å². The molecular weight excluding hydrogens is 302 g/mol. The summed E-state index contributed by atoms with van der Waals surface area (Å²) in [7, 11) is 1.64. The van der Waals surface area contributed by atoms with E-state index >= 15 is 0 Å². The molecule has 2 fully saturated rings. The molecule has 2 amide bonds. The van der Waals surface area contributed by atoms with E-state index in [-0.39, 0.29) is 17.7 Å². The van der Waals surface area contributed by atoms with Crippen molar-refractivity contribution in [3.63, 3.8) is 0 Å². The molecule has 0 unspecified atom stereocenters. The maximum Gasteiger partial charge on any atom is 0.224 e. The zero-order valence-corrected chi connectivity index (χ0v) is 14.3. The topological polar surface area (TPSA) is 61.4 Å². The van der Waals surface area contributed by atoms with Gasteiger partial charge in [0.15, 0.2) is 0 Å². The molecule has 3 atom stereocenters. The smallest absolute Gasteiger partial charge is 0.224 e. The van der Waals surface area contributed by atoms with Gasteiger partial charge in [-0.25, -0.2) is 0 Å². The predicted octanol–water partition coefficient (Wildman–Crippen LogP) is 1.85. The molecule has 0 radical (unpaired) electrons. The fourth-order valence-corrected chi connectivity index (χ4v) is 4.17. The molecule has 1 aromatic carbocycles. The summed E-state index contributed by atoms with van der Waals surface area (Å²) in [6.45, 7) is 1.66. The van der Waals surface area contributed by atoms with Gasteiger partial charge in [0.1, 0.15) is 0 Å². The average Bonchev–Trinajstić information content (AvgIpc) is 3.21. The molecule has 130 valence electrons. The Morgan fingerprint density at radius 3 is 2.79 bits per heavy atom. The summed E-state index contributed by atoms with van der Waals surface area (Å²) in [6, 6.07) is 11.3. The number of hydrogen-bond acceptors (Lipinski definition) is 3. The Bertz CT molecular complexity index is 575. The van der Waals surface area contributed by atoms with E-state index in [1.165, 1.54) is 12.0 Å². The van der Waals surface area contributed by atoms with Gasteiger partial charge < -0.3 is 10.6 Å². The lowest BCUT2D eigenvalue weighted by atomic mass is 9.93. The zero-order valence-electron chi connectivity index (χ0n) is 14.3. The van der Waals surface area contributed by atoms with Crippen LogP contribution in [0.1, 0.15) is 43.7 Å². The normalized spacial score (nSPS) is 26.1. The molecule has 5 heteroatoms. The van der Waals surface area contributed by atoms with Crippen LogP contribution in [0.2, 0.25) is 0 Å². The Morgan fingerprint density at radius 1 is 1.25 bits per heavy atom. The molecule has 2 aliphatic rings. The fourth-order valence-electron chi connectivity index (χ4n) is 4.17. The maximum atomic E-state index is 12.6. The van der Waals surface area contributed by atoms with Gasteiger partial charge in [0.25, 0.3) is 0 Å². The summed E-state index contributed by atoms with van der Waals surface area (Å²) in [5.74, 6) is 0.246. The minimum Gasteiger partial charge on any atom is -0.359 e. The number of rotatable bonds is 6. The second-order valence-electron chi connectivity index (χ2n) is 6.78. The van der Waals surface area contributed by atoms with Gasteiger partial charge in [-0.05, 0) is 37.8 Å². The van der Waals surface area contributed by atoms with Gasteiger partial charge in [0.2, 0.25) is 11.8 Å². The summed E-state index contributed by atoms with van der Waals surface area (Å²) in [5.41, 5.74) is 1.32. The van der Waals surface area contributed by atoms with Gasteiger partial charge in [-0.1, -0.05) is 30.3 Å². The van der Waals surface area contributed by atoms with E-state index < -0.39 is 0 Å². The standard InChI is InChI=1S/C19H27N3O2/c1-20-18(23)10-5-11-21-19(24)15-13-17(14-7-3-2-4-8-14)22-12-6-9-16(15)22/h2-4,7-8,15-17H,5-6,9-13H2,1H3,(H,20,23)(H,21,24)/t15-,16+,17-/m1/s1. The molecule has 0 aromatic heterocycles. The van der Waals surface area contributed by atoms with Gasteiger partial charge in [0, 0.05) is 32.1 Å². The van der Waals surface area contributed by atoms with Crippen molar-refractivity contribution >= 4 is 11.8 Å². The largest absolute Gasteiger partial charge is 0.359 e.